The van der Waals surface area contributed by atoms with Gasteiger partial charge in [0.2, 0.25) is 0 Å². The second kappa shape index (κ2) is 15.3. The van der Waals surface area contributed by atoms with Crippen LogP contribution in [0.5, 0.6) is 11.5 Å². The van der Waals surface area contributed by atoms with E-state index in [2.05, 4.69) is 193 Å². The van der Waals surface area contributed by atoms with E-state index in [4.69, 9.17) is 16.2 Å². The monoisotopic (exact) mass is 766 g/mol. The fourth-order valence-electron chi connectivity index (χ4n) is 9.12. The van der Waals surface area contributed by atoms with Crippen molar-refractivity contribution in [2.75, 3.05) is 19.6 Å². The van der Waals surface area contributed by atoms with Gasteiger partial charge in [-0.05, 0) is 97.6 Å². The molecule has 2 aliphatic heterocycles. The molecule has 1 aliphatic carbocycles. The maximum atomic E-state index is 6.93. The van der Waals surface area contributed by atoms with Crippen molar-refractivity contribution in [3.63, 3.8) is 0 Å². The van der Waals surface area contributed by atoms with Crippen LogP contribution < -0.4 is 26.8 Å². The van der Waals surface area contributed by atoms with E-state index >= 15 is 0 Å². The summed E-state index contributed by atoms with van der Waals surface area (Å²) in [5.74, 6) is 1.74. The number of ether oxygens (including phenoxy) is 1. The molecule has 10 rings (SSSR count). The molecule has 288 valence electrons. The molecule has 1 spiro atoms. The molecule has 0 saturated carbocycles. The molecule has 59 heavy (non-hydrogen) atoms. The van der Waals surface area contributed by atoms with Crippen molar-refractivity contribution in [3.8, 4) is 33.8 Å². The van der Waals surface area contributed by atoms with Crippen LogP contribution in [0, 0.1) is 0 Å². The Morgan fingerprint density at radius 2 is 1.27 bits per heavy atom. The molecule has 7 aromatic rings. The Balaban J connectivity index is 0.959. The van der Waals surface area contributed by atoms with Crippen LogP contribution in [0.2, 0.25) is 0 Å². The first-order valence-corrected chi connectivity index (χ1v) is 20.4. The third kappa shape index (κ3) is 6.64. The molecule has 5 nitrogen and oxygen atoms in total. The molecule has 2 atom stereocenters. The molecule has 0 amide bonds. The summed E-state index contributed by atoms with van der Waals surface area (Å²) in [6.45, 7) is 2.00. The maximum absolute atomic E-state index is 6.93. The van der Waals surface area contributed by atoms with Crippen molar-refractivity contribution in [3.05, 3.63) is 239 Å². The van der Waals surface area contributed by atoms with Crippen molar-refractivity contribution < 1.29 is 4.74 Å². The van der Waals surface area contributed by atoms with Gasteiger partial charge in [0.15, 0.2) is 0 Å². The molecule has 1 fully saturated rings. The lowest BCUT2D eigenvalue weighted by Crippen LogP contribution is -2.32. The van der Waals surface area contributed by atoms with E-state index in [1.165, 1.54) is 33.4 Å². The Bertz CT molecular complexity index is 2720. The summed E-state index contributed by atoms with van der Waals surface area (Å²) in [6, 6.07) is 62.4. The van der Waals surface area contributed by atoms with Gasteiger partial charge in [0.1, 0.15) is 11.5 Å². The van der Waals surface area contributed by atoms with Crippen LogP contribution >= 0.6 is 0 Å². The lowest BCUT2D eigenvalue weighted by Gasteiger charge is -2.40. The second-order valence-corrected chi connectivity index (χ2v) is 15.7. The number of nitrogens with two attached hydrogens (primary N) is 2. The summed E-state index contributed by atoms with van der Waals surface area (Å²) in [5.41, 5.74) is 27.4. The lowest BCUT2D eigenvalue weighted by atomic mass is 9.65. The van der Waals surface area contributed by atoms with Gasteiger partial charge in [0.05, 0.1) is 17.1 Å². The van der Waals surface area contributed by atoms with E-state index < -0.39 is 5.41 Å². The highest BCUT2D eigenvalue weighted by molar-refractivity contribution is 5.85. The summed E-state index contributed by atoms with van der Waals surface area (Å²) in [6.07, 6.45) is 8.56. The number of hydrogen-bond acceptors (Lipinski definition) is 5. The molecule has 0 aromatic heterocycles. The van der Waals surface area contributed by atoms with Gasteiger partial charge >= 0.3 is 0 Å². The van der Waals surface area contributed by atoms with E-state index in [1.54, 1.807) is 0 Å². The Hall–Kier alpha value is -6.60. The van der Waals surface area contributed by atoms with Gasteiger partial charge in [0, 0.05) is 30.8 Å². The average Bonchev–Trinajstić information content (AvgIpc) is 4.02. The molecular formula is C54H46N4O. The highest BCUT2D eigenvalue weighted by atomic mass is 16.5. The molecule has 2 unspecified atom stereocenters. The Kier molecular flexibility index (Phi) is 9.52. The highest BCUT2D eigenvalue weighted by Crippen LogP contribution is 2.59. The maximum Gasteiger partial charge on any atom is 0.132 e. The largest absolute Gasteiger partial charge is 0.457 e. The molecule has 0 bridgehead atoms. The third-order valence-electron chi connectivity index (χ3n) is 12.1. The summed E-state index contributed by atoms with van der Waals surface area (Å²) >= 11 is 0. The highest BCUT2D eigenvalue weighted by Gasteiger charge is 2.49. The predicted octanol–water partition coefficient (Wildman–Crippen LogP) is 10.5. The number of fused-ring (bicyclic) bond motifs is 6. The van der Waals surface area contributed by atoms with Crippen molar-refractivity contribution in [1.82, 2.24) is 10.6 Å². The van der Waals surface area contributed by atoms with Crippen molar-refractivity contribution in [2.45, 2.75) is 17.1 Å². The zero-order chi connectivity index (χ0) is 39.8. The average molecular weight is 767 g/mol. The van der Waals surface area contributed by atoms with Crippen LogP contribution in [0.3, 0.4) is 0 Å². The molecular weight excluding hydrogens is 721 g/mol. The molecule has 5 heteroatoms. The molecule has 7 aromatic carbocycles. The first-order chi connectivity index (χ1) is 29.1. The van der Waals surface area contributed by atoms with Gasteiger partial charge in [0.25, 0.3) is 0 Å². The molecule has 3 aliphatic rings. The van der Waals surface area contributed by atoms with Crippen LogP contribution in [0.25, 0.3) is 33.9 Å². The topological polar surface area (TPSA) is 95.2 Å². The van der Waals surface area contributed by atoms with Crippen molar-refractivity contribution in [2.24, 2.45) is 11.5 Å². The normalized spacial score (nSPS) is 17.8. The molecule has 1 saturated heterocycles. The first kappa shape index (κ1) is 36.7. The van der Waals surface area contributed by atoms with E-state index in [1.807, 2.05) is 18.2 Å². The van der Waals surface area contributed by atoms with Crippen LogP contribution in [-0.4, -0.2) is 19.6 Å². The van der Waals surface area contributed by atoms with Gasteiger partial charge in [-0.25, -0.2) is 0 Å². The number of para-hydroxylation sites is 2. The third-order valence-corrected chi connectivity index (χ3v) is 12.1. The van der Waals surface area contributed by atoms with Crippen molar-refractivity contribution >= 4 is 11.6 Å². The van der Waals surface area contributed by atoms with Gasteiger partial charge in [-0.1, -0.05) is 164 Å². The molecule has 2 heterocycles. The molecule has 0 radical (unpaired) electrons. The molecule has 6 N–H and O–H groups in total. The number of rotatable bonds is 11. The minimum Gasteiger partial charge on any atom is -0.457 e. The number of allylic oxidation sites excluding steroid dienone is 2. The minimum absolute atomic E-state index is 0.164. The van der Waals surface area contributed by atoms with Crippen LogP contribution in [0.15, 0.2) is 200 Å². The van der Waals surface area contributed by atoms with E-state index in [0.717, 1.165) is 57.0 Å². The smallest absolute Gasteiger partial charge is 0.132 e. The van der Waals surface area contributed by atoms with Crippen molar-refractivity contribution in [1.29, 1.82) is 0 Å². The Morgan fingerprint density at radius 1 is 0.661 bits per heavy atom. The predicted molar refractivity (Wildman–Crippen MR) is 242 cm³/mol. The van der Waals surface area contributed by atoms with Crippen LogP contribution in [0.4, 0.5) is 0 Å². The summed E-state index contributed by atoms with van der Waals surface area (Å²) in [7, 11) is 0. The number of nitrogens with one attached hydrogen (secondary N) is 2. The van der Waals surface area contributed by atoms with E-state index in [0.29, 0.717) is 13.1 Å². The zero-order valence-corrected chi connectivity index (χ0v) is 32.8. The standard InChI is InChI=1S/C54H46N4O/c55-29-13-22-46-32-42-28-27-41(33-49(42)54(46)47-23-7-9-25-50(47)59-51-26-10-8-24-48(51)54)39-17-11-16-38(30-39)40-18-12-19-43(31-40)52(56)57-35-44(37-14-3-1-4-15-37)34-53(36-58-53)45-20-5-2-6-21-45/h1-28,30-34,52,57-58H,29,35-36,55-56H2/b22-13-,44-34+. The van der Waals surface area contributed by atoms with Gasteiger partial charge in [-0.15, -0.1) is 0 Å². The summed E-state index contributed by atoms with van der Waals surface area (Å²) < 4.78 is 6.53. The fraction of sp³-hybridized carbons (Fsp3) is 0.111. The number of benzene rings is 7. The Labute approximate surface area is 346 Å². The SMILES string of the molecule is NC/C=C\C1=Cc2ccc(-c3cccc(-c4cccc(C(N)NC/C(=C\C5(c6ccccc6)CN5)c5ccccc5)c4)c3)cc2C12c1ccccc1Oc1ccccc12. The quantitative estimate of drug-likeness (QED) is 0.0777. The van der Waals surface area contributed by atoms with Gasteiger partial charge in [-0.2, -0.15) is 0 Å². The van der Waals surface area contributed by atoms with Gasteiger partial charge in [-0.3, -0.25) is 5.32 Å². The van der Waals surface area contributed by atoms with E-state index in [9.17, 15) is 0 Å². The van der Waals surface area contributed by atoms with Gasteiger partial charge < -0.3 is 21.5 Å². The van der Waals surface area contributed by atoms with Crippen LogP contribution in [0.1, 0.15) is 45.1 Å². The first-order valence-electron chi connectivity index (χ1n) is 20.4. The number of hydrogen-bond donors (Lipinski definition) is 4. The summed E-state index contributed by atoms with van der Waals surface area (Å²) in [5, 5.41) is 7.27. The zero-order valence-electron chi connectivity index (χ0n) is 32.8. The van der Waals surface area contributed by atoms with E-state index in [-0.39, 0.29) is 11.7 Å². The summed E-state index contributed by atoms with van der Waals surface area (Å²) in [4.78, 5) is 0. The van der Waals surface area contributed by atoms with Crippen LogP contribution in [-0.2, 0) is 11.0 Å². The second-order valence-electron chi connectivity index (χ2n) is 15.7. The fourth-order valence-corrected chi connectivity index (χ4v) is 9.12. The lowest BCUT2D eigenvalue weighted by molar-refractivity contribution is 0.436. The minimum atomic E-state index is -0.551. The Morgan fingerprint density at radius 3 is 1.95 bits per heavy atom.